The molecule has 210 valence electrons. The van der Waals surface area contributed by atoms with Gasteiger partial charge in [-0.25, -0.2) is 0 Å². The van der Waals surface area contributed by atoms with Crippen molar-refractivity contribution in [1.29, 1.82) is 0 Å². The normalized spacial score (nSPS) is 18.8. The first kappa shape index (κ1) is 28.0. The Kier molecular flexibility index (Phi) is 7.52. The molecule has 1 fully saturated rings. The van der Waals surface area contributed by atoms with Gasteiger partial charge in [0, 0.05) is 34.7 Å². The summed E-state index contributed by atoms with van der Waals surface area (Å²) in [4.78, 5) is 42.9. The number of nitrogens with zero attached hydrogens (tertiary/aromatic N) is 3. The minimum absolute atomic E-state index is 0.0173. The molecule has 8 nitrogen and oxygen atoms in total. The molecule has 1 N–H and O–H groups in total. The van der Waals surface area contributed by atoms with Crippen LogP contribution in [0.5, 0.6) is 5.75 Å². The van der Waals surface area contributed by atoms with E-state index in [2.05, 4.69) is 53.8 Å². The van der Waals surface area contributed by atoms with Crippen molar-refractivity contribution in [2.45, 2.75) is 58.8 Å². The highest BCUT2D eigenvalue weighted by Gasteiger charge is 2.36. The Bertz CT molecular complexity index is 1540. The number of methoxy groups -OCH3 is 1. The number of likely N-dealkylation sites (tertiary alicyclic amines) is 1. The Balaban J connectivity index is 1.47. The topological polar surface area (TPSA) is 83.9 Å². The van der Waals surface area contributed by atoms with Gasteiger partial charge in [-0.15, -0.1) is 0 Å². The van der Waals surface area contributed by atoms with Gasteiger partial charge in [0.1, 0.15) is 12.3 Å². The highest BCUT2D eigenvalue weighted by atomic mass is 79.9. The summed E-state index contributed by atoms with van der Waals surface area (Å²) in [5.74, 6) is 0.486. The predicted molar refractivity (Wildman–Crippen MR) is 159 cm³/mol. The molecule has 0 spiro atoms. The van der Waals surface area contributed by atoms with E-state index >= 15 is 0 Å². The summed E-state index contributed by atoms with van der Waals surface area (Å²) in [6.45, 7) is 12.6. The number of aryl methyl sites for hydroxylation is 1. The predicted octanol–water partition coefficient (Wildman–Crippen LogP) is 4.69. The Hall–Kier alpha value is -3.59. The number of carbonyl (C=O) groups is 3. The summed E-state index contributed by atoms with van der Waals surface area (Å²) < 4.78 is 8.26. The fourth-order valence-corrected chi connectivity index (χ4v) is 6.86. The van der Waals surface area contributed by atoms with Crippen LogP contribution in [0.1, 0.15) is 52.6 Å². The number of hydrogen-bond donors (Lipinski definition) is 1. The second-order valence-corrected chi connectivity index (χ2v) is 11.8. The quantitative estimate of drug-likeness (QED) is 0.413. The third-order valence-electron chi connectivity index (χ3n) is 8.26. The number of benzene rings is 2. The molecule has 3 heterocycles. The second kappa shape index (κ2) is 10.8. The van der Waals surface area contributed by atoms with Crippen molar-refractivity contribution < 1.29 is 19.1 Å². The smallest absolute Gasteiger partial charge is 0.257 e. The molecular formula is C31H35BrN4O4. The largest absolute Gasteiger partial charge is 0.497 e. The lowest BCUT2D eigenvalue weighted by atomic mass is 9.88. The third-order valence-corrected chi connectivity index (χ3v) is 8.72. The molecule has 2 atom stereocenters. The van der Waals surface area contributed by atoms with Crippen LogP contribution in [0.15, 0.2) is 47.5 Å². The van der Waals surface area contributed by atoms with Crippen LogP contribution < -0.4 is 10.1 Å². The van der Waals surface area contributed by atoms with Gasteiger partial charge >= 0.3 is 0 Å². The van der Waals surface area contributed by atoms with Crippen LogP contribution >= 0.6 is 15.9 Å². The highest BCUT2D eigenvalue weighted by Crippen LogP contribution is 2.39. The minimum Gasteiger partial charge on any atom is -0.497 e. The maximum absolute atomic E-state index is 14.4. The van der Waals surface area contributed by atoms with E-state index in [0.29, 0.717) is 18.7 Å². The van der Waals surface area contributed by atoms with Gasteiger partial charge in [-0.05, 0) is 81.1 Å². The first-order valence-electron chi connectivity index (χ1n) is 13.5. The zero-order chi connectivity index (χ0) is 28.9. The van der Waals surface area contributed by atoms with Gasteiger partial charge in [0.2, 0.25) is 11.8 Å². The van der Waals surface area contributed by atoms with Gasteiger partial charge in [0.15, 0.2) is 0 Å². The molecule has 0 bridgehead atoms. The molecule has 0 aliphatic carbocycles. The van der Waals surface area contributed by atoms with Gasteiger partial charge < -0.3 is 24.4 Å². The van der Waals surface area contributed by atoms with E-state index in [1.165, 1.54) is 11.6 Å². The van der Waals surface area contributed by atoms with Crippen LogP contribution in [0.3, 0.4) is 0 Å². The van der Waals surface area contributed by atoms with Crippen molar-refractivity contribution in [2.24, 2.45) is 0 Å². The standard InChI is InChI=1S/C31H35BrN4O4/c1-7-28(38)34-14-23(15-34)33-27(37)16-35-20(5)29(26-13-22(32)10-17(2)30(26)35)31(39)36-18(3)11-21-12-24(40-6)8-9-25(21)19(36)4/h7-10,12-13,18-19,23H,1,11,14-16H2,2-6H3,(H,33,37)/t18-,19+/m1/s1. The summed E-state index contributed by atoms with van der Waals surface area (Å²) in [5.41, 5.74) is 5.54. The lowest BCUT2D eigenvalue weighted by Gasteiger charge is -2.40. The SMILES string of the molecule is C=CC(=O)N1CC(NC(=O)Cn2c(C)c(C(=O)N3[C@H](C)Cc4cc(OC)ccc4[C@@H]3C)c3cc(Br)cc(C)c32)C1. The Morgan fingerprint density at radius 1 is 1.15 bits per heavy atom. The molecule has 3 aromatic rings. The Morgan fingerprint density at radius 2 is 1.88 bits per heavy atom. The third kappa shape index (κ3) is 4.80. The van der Waals surface area contributed by atoms with Crippen LogP contribution in [-0.4, -0.2) is 64.4 Å². The monoisotopic (exact) mass is 606 g/mol. The average Bonchev–Trinajstić information content (AvgIpc) is 3.15. The fraction of sp³-hybridized carbons (Fsp3) is 0.387. The highest BCUT2D eigenvalue weighted by molar-refractivity contribution is 9.10. The Labute approximate surface area is 243 Å². The number of carbonyl (C=O) groups excluding carboxylic acids is 3. The minimum atomic E-state index is -0.153. The molecule has 1 aromatic heterocycles. The van der Waals surface area contributed by atoms with E-state index in [1.807, 2.05) is 41.5 Å². The zero-order valence-corrected chi connectivity index (χ0v) is 25.2. The van der Waals surface area contributed by atoms with E-state index in [1.54, 1.807) is 12.0 Å². The summed E-state index contributed by atoms with van der Waals surface area (Å²) in [5, 5.41) is 3.86. The summed E-state index contributed by atoms with van der Waals surface area (Å²) in [7, 11) is 1.66. The molecule has 3 amide bonds. The van der Waals surface area contributed by atoms with Crippen LogP contribution in [0, 0.1) is 13.8 Å². The molecule has 2 aliphatic rings. The summed E-state index contributed by atoms with van der Waals surface area (Å²) >= 11 is 3.61. The number of rotatable bonds is 6. The zero-order valence-electron chi connectivity index (χ0n) is 23.6. The van der Waals surface area contributed by atoms with E-state index in [0.717, 1.165) is 44.4 Å². The van der Waals surface area contributed by atoms with Crippen molar-refractivity contribution in [3.63, 3.8) is 0 Å². The maximum Gasteiger partial charge on any atom is 0.257 e. The van der Waals surface area contributed by atoms with Gasteiger partial charge in [0.25, 0.3) is 5.91 Å². The lowest BCUT2D eigenvalue weighted by Crippen LogP contribution is -2.61. The van der Waals surface area contributed by atoms with E-state index in [4.69, 9.17) is 4.74 Å². The maximum atomic E-state index is 14.4. The molecule has 0 unspecified atom stereocenters. The molecule has 2 aliphatic heterocycles. The Morgan fingerprint density at radius 3 is 2.55 bits per heavy atom. The number of ether oxygens (including phenoxy) is 1. The summed E-state index contributed by atoms with van der Waals surface area (Å²) in [6, 6.07) is 9.81. The van der Waals surface area contributed by atoms with Crippen LogP contribution in [0.2, 0.25) is 0 Å². The lowest BCUT2D eigenvalue weighted by molar-refractivity contribution is -0.133. The number of hydrogen-bond acceptors (Lipinski definition) is 4. The number of nitrogens with one attached hydrogen (secondary N) is 1. The first-order valence-corrected chi connectivity index (χ1v) is 14.3. The van der Waals surface area contributed by atoms with Gasteiger partial charge in [-0.1, -0.05) is 28.6 Å². The average molecular weight is 608 g/mol. The number of halogens is 1. The fourth-order valence-electron chi connectivity index (χ4n) is 6.29. The molecule has 5 rings (SSSR count). The van der Waals surface area contributed by atoms with Crippen LogP contribution in [0.4, 0.5) is 0 Å². The molecule has 1 saturated heterocycles. The van der Waals surface area contributed by atoms with Crippen LogP contribution in [0.25, 0.3) is 10.9 Å². The molecule has 0 saturated carbocycles. The summed E-state index contributed by atoms with van der Waals surface area (Å²) in [6.07, 6.45) is 2.02. The van der Waals surface area contributed by atoms with Crippen molar-refractivity contribution >= 4 is 44.6 Å². The number of aromatic nitrogens is 1. The molecular weight excluding hydrogens is 572 g/mol. The van der Waals surface area contributed by atoms with Crippen molar-refractivity contribution in [3.8, 4) is 5.75 Å². The van der Waals surface area contributed by atoms with Crippen molar-refractivity contribution in [3.05, 3.63) is 75.4 Å². The molecule has 2 aromatic carbocycles. The van der Waals surface area contributed by atoms with E-state index in [-0.39, 0.29) is 42.4 Å². The second-order valence-electron chi connectivity index (χ2n) is 10.9. The number of fused-ring (bicyclic) bond motifs is 2. The first-order chi connectivity index (χ1) is 19.0. The van der Waals surface area contributed by atoms with E-state index < -0.39 is 0 Å². The van der Waals surface area contributed by atoms with Crippen molar-refractivity contribution in [1.82, 2.24) is 19.7 Å². The van der Waals surface area contributed by atoms with Crippen LogP contribution in [-0.2, 0) is 22.6 Å². The molecule has 9 heteroatoms. The van der Waals surface area contributed by atoms with Gasteiger partial charge in [0.05, 0.1) is 30.3 Å². The van der Waals surface area contributed by atoms with Gasteiger partial charge in [-0.3, -0.25) is 14.4 Å². The van der Waals surface area contributed by atoms with E-state index in [9.17, 15) is 14.4 Å². The van der Waals surface area contributed by atoms with Gasteiger partial charge in [-0.2, -0.15) is 0 Å². The molecule has 0 radical (unpaired) electrons. The number of amides is 3. The molecule has 40 heavy (non-hydrogen) atoms. The van der Waals surface area contributed by atoms with Crippen molar-refractivity contribution in [2.75, 3.05) is 20.2 Å².